The number of carbonyl (C=O) groups excluding carboxylic acids is 1. The van der Waals surface area contributed by atoms with E-state index >= 15 is 0 Å². The van der Waals surface area contributed by atoms with Crippen LogP contribution in [0.15, 0.2) is 48.5 Å². The van der Waals surface area contributed by atoms with Crippen molar-refractivity contribution >= 4 is 17.6 Å². The fourth-order valence-corrected chi connectivity index (χ4v) is 2.65. The fourth-order valence-electron chi connectivity index (χ4n) is 2.65. The Balaban J connectivity index is 2.42. The first kappa shape index (κ1) is 17.7. The summed E-state index contributed by atoms with van der Waals surface area (Å²) in [5.74, 6) is -1.08. The van der Waals surface area contributed by atoms with Crippen molar-refractivity contribution in [2.24, 2.45) is 5.92 Å². The number of benzene rings is 2. The zero-order valence-electron chi connectivity index (χ0n) is 14.3. The van der Waals surface area contributed by atoms with Gasteiger partial charge in [-0.25, -0.2) is 4.79 Å². The normalized spacial score (nSPS) is 10.7. The van der Waals surface area contributed by atoms with Gasteiger partial charge in [-0.1, -0.05) is 51.1 Å². The lowest BCUT2D eigenvalue weighted by Gasteiger charge is -2.27. The molecule has 4 nitrogen and oxygen atoms in total. The van der Waals surface area contributed by atoms with Crippen LogP contribution in [0.1, 0.15) is 42.3 Å². The molecule has 2 aromatic rings. The van der Waals surface area contributed by atoms with Crippen molar-refractivity contribution in [1.29, 1.82) is 0 Å². The van der Waals surface area contributed by atoms with Gasteiger partial charge in [-0.3, -0.25) is 4.79 Å². The van der Waals surface area contributed by atoms with Crippen LogP contribution in [-0.4, -0.2) is 17.0 Å². The molecule has 0 saturated carbocycles. The molecule has 0 heterocycles. The van der Waals surface area contributed by atoms with E-state index in [9.17, 15) is 9.59 Å². The van der Waals surface area contributed by atoms with Crippen LogP contribution >= 0.6 is 0 Å². The maximum atomic E-state index is 12.7. The van der Waals surface area contributed by atoms with Crippen LogP contribution in [-0.2, 0) is 17.8 Å². The minimum atomic E-state index is -0.965. The Bertz CT molecular complexity index is 737. The van der Waals surface area contributed by atoms with Gasteiger partial charge in [0.15, 0.2) is 0 Å². The van der Waals surface area contributed by atoms with Crippen LogP contribution in [0.25, 0.3) is 0 Å². The number of carbonyl (C=O) groups is 2. The summed E-state index contributed by atoms with van der Waals surface area (Å²) < 4.78 is 0. The van der Waals surface area contributed by atoms with Gasteiger partial charge in [-0.05, 0) is 35.7 Å². The topological polar surface area (TPSA) is 57.6 Å². The number of nitrogens with zero attached hydrogens (tertiary/aromatic N) is 1. The second kappa shape index (κ2) is 7.77. The number of para-hydroxylation sites is 1. The smallest absolute Gasteiger partial charge is 0.335 e. The molecule has 0 bridgehead atoms. The summed E-state index contributed by atoms with van der Waals surface area (Å²) >= 11 is 0. The van der Waals surface area contributed by atoms with Crippen LogP contribution in [0, 0.1) is 5.92 Å². The number of hydrogen-bond acceptors (Lipinski definition) is 2. The number of anilines is 1. The summed E-state index contributed by atoms with van der Waals surface area (Å²) in [5.41, 5.74) is 3.02. The summed E-state index contributed by atoms with van der Waals surface area (Å²) in [6.07, 6.45) is 0.827. The minimum Gasteiger partial charge on any atom is -0.478 e. The van der Waals surface area contributed by atoms with Crippen molar-refractivity contribution in [2.45, 2.75) is 33.7 Å². The van der Waals surface area contributed by atoms with E-state index in [1.165, 1.54) is 0 Å². The zero-order valence-corrected chi connectivity index (χ0v) is 14.3. The number of aromatic carboxylic acids is 1. The quantitative estimate of drug-likeness (QED) is 0.868. The molecule has 0 aliphatic rings. The zero-order chi connectivity index (χ0) is 17.7. The van der Waals surface area contributed by atoms with E-state index in [1.54, 1.807) is 23.1 Å². The van der Waals surface area contributed by atoms with Gasteiger partial charge in [-0.2, -0.15) is 0 Å². The van der Waals surface area contributed by atoms with Crippen LogP contribution in [0.3, 0.4) is 0 Å². The molecule has 0 fully saturated rings. The molecule has 24 heavy (non-hydrogen) atoms. The van der Waals surface area contributed by atoms with Gasteiger partial charge in [0.05, 0.1) is 12.1 Å². The molecule has 1 amide bonds. The lowest BCUT2D eigenvalue weighted by Crippen LogP contribution is -2.34. The average molecular weight is 325 g/mol. The summed E-state index contributed by atoms with van der Waals surface area (Å²) in [6, 6.07) is 14.6. The monoisotopic (exact) mass is 325 g/mol. The molecule has 0 aliphatic heterocycles. The fraction of sp³-hybridized carbons (Fsp3) is 0.300. The number of rotatable bonds is 6. The molecule has 4 heteroatoms. The van der Waals surface area contributed by atoms with Crippen molar-refractivity contribution in [3.63, 3.8) is 0 Å². The second-order valence-corrected chi connectivity index (χ2v) is 6.07. The van der Waals surface area contributed by atoms with E-state index in [0.29, 0.717) is 6.54 Å². The van der Waals surface area contributed by atoms with E-state index in [4.69, 9.17) is 5.11 Å². The Labute approximate surface area is 142 Å². The SMILES string of the molecule is CCc1ccccc1N(Cc1cccc(C(=O)O)c1)C(=O)C(C)C. The predicted octanol–water partition coefficient (Wildman–Crippen LogP) is 4.14. The third-order valence-corrected chi connectivity index (χ3v) is 3.94. The summed E-state index contributed by atoms with van der Waals surface area (Å²) in [4.78, 5) is 25.7. The molecule has 0 radical (unpaired) electrons. The number of hydrogen-bond donors (Lipinski definition) is 1. The van der Waals surface area contributed by atoms with E-state index in [1.807, 2.05) is 44.2 Å². The first-order chi connectivity index (χ1) is 11.4. The first-order valence-corrected chi connectivity index (χ1v) is 8.15. The highest BCUT2D eigenvalue weighted by molar-refractivity contribution is 5.95. The highest BCUT2D eigenvalue weighted by Crippen LogP contribution is 2.25. The van der Waals surface area contributed by atoms with Gasteiger partial charge < -0.3 is 10.0 Å². The maximum absolute atomic E-state index is 12.7. The molecule has 0 saturated heterocycles. The lowest BCUT2D eigenvalue weighted by atomic mass is 10.0. The average Bonchev–Trinajstić information content (AvgIpc) is 2.59. The molecule has 1 N–H and O–H groups in total. The van der Waals surface area contributed by atoms with Crippen LogP contribution in [0.2, 0.25) is 0 Å². The van der Waals surface area contributed by atoms with Crippen LogP contribution in [0.5, 0.6) is 0 Å². The van der Waals surface area contributed by atoms with Gasteiger partial charge in [0, 0.05) is 11.6 Å². The summed E-state index contributed by atoms with van der Waals surface area (Å²) in [6.45, 7) is 6.16. The molecule has 2 rings (SSSR count). The number of aryl methyl sites for hydroxylation is 1. The standard InChI is InChI=1S/C20H23NO3/c1-4-16-9-5-6-11-18(16)21(19(22)14(2)3)13-15-8-7-10-17(12-15)20(23)24/h5-12,14H,4,13H2,1-3H3,(H,23,24). The van der Waals surface area contributed by atoms with E-state index in [2.05, 4.69) is 6.92 Å². The molecule has 0 atom stereocenters. The third kappa shape index (κ3) is 4.02. The van der Waals surface area contributed by atoms with E-state index in [-0.39, 0.29) is 17.4 Å². The number of carboxylic acids is 1. The maximum Gasteiger partial charge on any atom is 0.335 e. The first-order valence-electron chi connectivity index (χ1n) is 8.15. The number of amides is 1. The van der Waals surface area contributed by atoms with Crippen LogP contribution < -0.4 is 4.90 Å². The molecule has 0 aromatic heterocycles. The molecule has 0 unspecified atom stereocenters. The Kier molecular flexibility index (Phi) is 5.74. The lowest BCUT2D eigenvalue weighted by molar-refractivity contribution is -0.121. The predicted molar refractivity (Wildman–Crippen MR) is 95.2 cm³/mol. The van der Waals surface area contributed by atoms with Gasteiger partial charge >= 0.3 is 5.97 Å². The minimum absolute atomic E-state index is 0.0247. The van der Waals surface area contributed by atoms with Gasteiger partial charge in [0.2, 0.25) is 5.91 Å². The van der Waals surface area contributed by atoms with Crippen LogP contribution in [0.4, 0.5) is 5.69 Å². The second-order valence-electron chi connectivity index (χ2n) is 6.07. The third-order valence-electron chi connectivity index (χ3n) is 3.94. The van der Waals surface area contributed by atoms with Gasteiger partial charge in [0.1, 0.15) is 0 Å². The van der Waals surface area contributed by atoms with E-state index in [0.717, 1.165) is 23.2 Å². The molecular formula is C20H23NO3. The van der Waals surface area contributed by atoms with Crippen molar-refractivity contribution in [1.82, 2.24) is 0 Å². The highest BCUT2D eigenvalue weighted by Gasteiger charge is 2.21. The highest BCUT2D eigenvalue weighted by atomic mass is 16.4. The Morgan fingerprint density at radius 3 is 2.42 bits per heavy atom. The molecule has 2 aromatic carbocycles. The van der Waals surface area contributed by atoms with Crippen molar-refractivity contribution in [3.05, 3.63) is 65.2 Å². The van der Waals surface area contributed by atoms with Crippen molar-refractivity contribution < 1.29 is 14.7 Å². The Hall–Kier alpha value is -2.62. The largest absolute Gasteiger partial charge is 0.478 e. The summed E-state index contributed by atoms with van der Waals surface area (Å²) in [5, 5.41) is 9.16. The van der Waals surface area contributed by atoms with Gasteiger partial charge in [-0.15, -0.1) is 0 Å². The molecule has 126 valence electrons. The van der Waals surface area contributed by atoms with Gasteiger partial charge in [0.25, 0.3) is 0 Å². The van der Waals surface area contributed by atoms with E-state index < -0.39 is 5.97 Å². The molecule has 0 aliphatic carbocycles. The molecular weight excluding hydrogens is 302 g/mol. The Morgan fingerprint density at radius 1 is 1.08 bits per heavy atom. The Morgan fingerprint density at radius 2 is 1.79 bits per heavy atom. The summed E-state index contributed by atoms with van der Waals surface area (Å²) in [7, 11) is 0. The van der Waals surface area contributed by atoms with Crippen molar-refractivity contribution in [2.75, 3.05) is 4.90 Å². The number of carboxylic acid groups (broad SMARTS) is 1. The van der Waals surface area contributed by atoms with Crippen molar-refractivity contribution in [3.8, 4) is 0 Å². The molecule has 0 spiro atoms.